The van der Waals surface area contributed by atoms with E-state index in [1.807, 2.05) is 18.2 Å². The Morgan fingerprint density at radius 2 is 2.23 bits per heavy atom. The number of benzene rings is 1. The summed E-state index contributed by atoms with van der Waals surface area (Å²) in [6, 6.07) is 5.84. The molecular weight excluding hydrogens is 183 g/mol. The number of amides is 1. The van der Waals surface area contributed by atoms with Crippen LogP contribution in [0, 0.1) is 0 Å². The fraction of sp³-hybridized carbons (Fsp3) is 0.222. The van der Waals surface area contributed by atoms with E-state index in [1.165, 1.54) is 5.01 Å². The molecule has 0 aromatic heterocycles. The number of nitrogens with two attached hydrogens (primary N) is 1. The predicted octanol–water partition coefficient (Wildman–Crippen LogP) is 0.0590. The predicted molar refractivity (Wildman–Crippen MR) is 54.7 cm³/mol. The lowest BCUT2D eigenvalue weighted by Crippen LogP contribution is -2.44. The molecule has 68 valence electrons. The van der Waals surface area contributed by atoms with Crippen molar-refractivity contribution in [3.63, 3.8) is 0 Å². The average Bonchev–Trinajstić information content (AvgIpc) is 2.12. The van der Waals surface area contributed by atoms with Crippen LogP contribution >= 0.6 is 9.24 Å². The molecular formula is C9H11N2OP. The maximum Gasteiger partial charge on any atom is 0.268 e. The monoisotopic (exact) mass is 194 g/mol. The molecule has 1 aromatic rings. The van der Waals surface area contributed by atoms with E-state index >= 15 is 0 Å². The van der Waals surface area contributed by atoms with Crippen LogP contribution in [-0.2, 0) is 6.42 Å². The summed E-state index contributed by atoms with van der Waals surface area (Å²) in [6.45, 7) is 0.611. The van der Waals surface area contributed by atoms with Crippen molar-refractivity contribution in [1.82, 2.24) is 5.01 Å². The van der Waals surface area contributed by atoms with Crippen LogP contribution in [0.3, 0.4) is 0 Å². The zero-order valence-corrected chi connectivity index (χ0v) is 8.31. The summed E-state index contributed by atoms with van der Waals surface area (Å²) in [4.78, 5) is 11.6. The van der Waals surface area contributed by atoms with E-state index in [-0.39, 0.29) is 5.91 Å². The molecule has 4 heteroatoms. The van der Waals surface area contributed by atoms with Gasteiger partial charge in [0.1, 0.15) is 0 Å². The minimum atomic E-state index is -0.0770. The highest BCUT2D eigenvalue weighted by Crippen LogP contribution is 2.16. The minimum Gasteiger partial charge on any atom is -0.276 e. The molecule has 0 aliphatic carbocycles. The third-order valence-corrected chi connectivity index (χ3v) is 2.76. The number of carbonyl (C=O) groups is 1. The second-order valence-electron chi connectivity index (χ2n) is 3.13. The first-order valence-corrected chi connectivity index (χ1v) is 4.72. The Kier molecular flexibility index (Phi) is 2.06. The molecule has 0 saturated heterocycles. The highest BCUT2D eigenvalue weighted by atomic mass is 31.0. The summed E-state index contributed by atoms with van der Waals surface area (Å²) in [5, 5.41) is 2.20. The largest absolute Gasteiger partial charge is 0.276 e. The van der Waals surface area contributed by atoms with Crippen molar-refractivity contribution in [1.29, 1.82) is 0 Å². The van der Waals surface area contributed by atoms with Crippen LogP contribution in [0.4, 0.5) is 0 Å². The molecule has 0 saturated carbocycles. The van der Waals surface area contributed by atoms with Gasteiger partial charge in [-0.05, 0) is 17.3 Å². The van der Waals surface area contributed by atoms with E-state index in [9.17, 15) is 4.79 Å². The van der Waals surface area contributed by atoms with Gasteiger partial charge in [0.15, 0.2) is 0 Å². The molecule has 0 spiro atoms. The lowest BCUT2D eigenvalue weighted by atomic mass is 10.0. The number of hydrazine groups is 1. The Morgan fingerprint density at radius 3 is 3.00 bits per heavy atom. The van der Waals surface area contributed by atoms with Crippen molar-refractivity contribution in [2.24, 2.45) is 5.84 Å². The van der Waals surface area contributed by atoms with E-state index in [2.05, 4.69) is 9.24 Å². The van der Waals surface area contributed by atoms with Crippen LogP contribution in [0.2, 0.25) is 0 Å². The minimum absolute atomic E-state index is 0.0770. The highest BCUT2D eigenvalue weighted by molar-refractivity contribution is 7.27. The molecule has 13 heavy (non-hydrogen) atoms. The van der Waals surface area contributed by atoms with Gasteiger partial charge in [-0.1, -0.05) is 18.2 Å². The van der Waals surface area contributed by atoms with E-state index < -0.39 is 0 Å². The van der Waals surface area contributed by atoms with Crippen LogP contribution < -0.4 is 11.1 Å². The molecule has 0 radical (unpaired) electrons. The highest BCUT2D eigenvalue weighted by Gasteiger charge is 2.23. The molecule has 1 unspecified atom stereocenters. The molecule has 1 aromatic carbocycles. The van der Waals surface area contributed by atoms with E-state index in [1.54, 1.807) is 0 Å². The second-order valence-corrected chi connectivity index (χ2v) is 3.75. The molecule has 0 bridgehead atoms. The van der Waals surface area contributed by atoms with Gasteiger partial charge in [0.2, 0.25) is 0 Å². The number of nitrogens with zero attached hydrogens (tertiary/aromatic N) is 1. The fourth-order valence-corrected chi connectivity index (χ4v) is 2.00. The molecule has 2 rings (SSSR count). The maximum absolute atomic E-state index is 11.6. The normalized spacial score (nSPS) is 15.8. The lowest BCUT2D eigenvalue weighted by Gasteiger charge is -2.25. The third-order valence-electron chi connectivity index (χ3n) is 2.28. The van der Waals surface area contributed by atoms with Crippen LogP contribution in [0.5, 0.6) is 0 Å². The summed E-state index contributed by atoms with van der Waals surface area (Å²) >= 11 is 0. The quantitative estimate of drug-likeness (QED) is 0.360. The summed E-state index contributed by atoms with van der Waals surface area (Å²) in [5.74, 6) is 5.46. The number of carbonyl (C=O) groups excluding carboxylic acids is 1. The molecule has 1 amide bonds. The van der Waals surface area contributed by atoms with Gasteiger partial charge in [0.05, 0.1) is 5.56 Å². The first-order valence-electron chi connectivity index (χ1n) is 4.14. The number of fused-ring (bicyclic) bond motifs is 1. The van der Waals surface area contributed by atoms with Crippen molar-refractivity contribution in [2.75, 3.05) is 6.54 Å². The molecule has 1 heterocycles. The van der Waals surface area contributed by atoms with Crippen molar-refractivity contribution in [2.45, 2.75) is 6.42 Å². The Morgan fingerprint density at radius 1 is 1.46 bits per heavy atom. The number of hydrogen-bond acceptors (Lipinski definition) is 2. The Bertz CT molecular complexity index is 365. The molecule has 2 N–H and O–H groups in total. The third kappa shape index (κ3) is 1.34. The summed E-state index contributed by atoms with van der Waals surface area (Å²) < 4.78 is 0. The molecule has 1 atom stereocenters. The van der Waals surface area contributed by atoms with E-state index in [0.29, 0.717) is 6.54 Å². The Labute approximate surface area is 79.1 Å². The van der Waals surface area contributed by atoms with Crippen LogP contribution in [0.15, 0.2) is 18.2 Å². The van der Waals surface area contributed by atoms with Gasteiger partial charge in [0, 0.05) is 6.54 Å². The molecule has 3 nitrogen and oxygen atoms in total. The smallest absolute Gasteiger partial charge is 0.268 e. The Balaban J connectivity index is 2.57. The van der Waals surface area contributed by atoms with E-state index in [0.717, 1.165) is 22.9 Å². The van der Waals surface area contributed by atoms with Crippen molar-refractivity contribution < 1.29 is 4.79 Å². The standard InChI is InChI=1S/C9H11N2OP/c10-11-5-4-6-2-1-3-7(13)8(6)9(11)12/h1-3H,4-5,10,13H2. The van der Waals surface area contributed by atoms with Crippen LogP contribution in [0.1, 0.15) is 15.9 Å². The summed E-state index contributed by atoms with van der Waals surface area (Å²) in [5.41, 5.74) is 1.85. The van der Waals surface area contributed by atoms with Crippen molar-refractivity contribution in [3.8, 4) is 0 Å². The molecule has 1 aliphatic heterocycles. The van der Waals surface area contributed by atoms with Gasteiger partial charge in [-0.2, -0.15) is 0 Å². The zero-order valence-electron chi connectivity index (χ0n) is 7.16. The van der Waals surface area contributed by atoms with Crippen LogP contribution in [0.25, 0.3) is 0 Å². The average molecular weight is 194 g/mol. The first kappa shape index (κ1) is 8.67. The molecule has 1 aliphatic rings. The zero-order chi connectivity index (χ0) is 9.42. The van der Waals surface area contributed by atoms with Crippen molar-refractivity contribution >= 4 is 20.5 Å². The fourth-order valence-electron chi connectivity index (χ4n) is 1.58. The SMILES string of the molecule is NN1CCc2cccc(P)c2C1=O. The van der Waals surface area contributed by atoms with Crippen LogP contribution in [-0.4, -0.2) is 17.5 Å². The van der Waals surface area contributed by atoms with Gasteiger partial charge >= 0.3 is 0 Å². The second kappa shape index (κ2) is 3.09. The van der Waals surface area contributed by atoms with E-state index in [4.69, 9.17) is 5.84 Å². The Hall–Kier alpha value is -0.920. The lowest BCUT2D eigenvalue weighted by molar-refractivity contribution is 0.0741. The number of rotatable bonds is 0. The van der Waals surface area contributed by atoms with Gasteiger partial charge in [-0.15, -0.1) is 9.24 Å². The summed E-state index contributed by atoms with van der Waals surface area (Å²) in [6.07, 6.45) is 0.847. The summed E-state index contributed by atoms with van der Waals surface area (Å²) in [7, 11) is 2.57. The topological polar surface area (TPSA) is 46.3 Å². The van der Waals surface area contributed by atoms with Gasteiger partial charge < -0.3 is 0 Å². The maximum atomic E-state index is 11.6. The van der Waals surface area contributed by atoms with Gasteiger partial charge in [-0.25, -0.2) is 5.84 Å². The molecule has 0 fully saturated rings. The number of hydrogen-bond donors (Lipinski definition) is 1. The van der Waals surface area contributed by atoms with Crippen molar-refractivity contribution in [3.05, 3.63) is 29.3 Å². The van der Waals surface area contributed by atoms with Gasteiger partial charge in [0.25, 0.3) is 5.91 Å². The van der Waals surface area contributed by atoms with Gasteiger partial charge in [-0.3, -0.25) is 9.80 Å². The first-order chi connectivity index (χ1) is 6.20.